The molecule has 1 fully saturated rings. The van der Waals surface area contributed by atoms with Crippen LogP contribution in [0.15, 0.2) is 22.7 Å². The summed E-state index contributed by atoms with van der Waals surface area (Å²) < 4.78 is 0.856. The van der Waals surface area contributed by atoms with Crippen LogP contribution in [0.3, 0.4) is 0 Å². The number of hydrogen-bond acceptors (Lipinski definition) is 4. The highest BCUT2D eigenvalue weighted by Crippen LogP contribution is 2.34. The summed E-state index contributed by atoms with van der Waals surface area (Å²) in [4.78, 5) is 10.6. The van der Waals surface area contributed by atoms with Crippen LogP contribution in [0.1, 0.15) is 19.3 Å². The van der Waals surface area contributed by atoms with E-state index in [9.17, 15) is 10.1 Å². The molecule has 98 valence electrons. The summed E-state index contributed by atoms with van der Waals surface area (Å²) in [6, 6.07) is 5.36. The number of thioether (sulfide) groups is 1. The highest BCUT2D eigenvalue weighted by molar-refractivity contribution is 9.10. The van der Waals surface area contributed by atoms with Crippen LogP contribution in [-0.2, 0) is 0 Å². The minimum Gasteiger partial charge on any atom is -0.377 e. The lowest BCUT2D eigenvalue weighted by Crippen LogP contribution is -2.16. The Bertz CT molecular complexity index is 456. The average molecular weight is 331 g/mol. The van der Waals surface area contributed by atoms with Crippen LogP contribution >= 0.6 is 27.7 Å². The van der Waals surface area contributed by atoms with Gasteiger partial charge in [-0.1, -0.05) is 15.9 Å². The van der Waals surface area contributed by atoms with E-state index in [0.29, 0.717) is 17.0 Å². The number of benzene rings is 1. The van der Waals surface area contributed by atoms with E-state index in [1.54, 1.807) is 12.1 Å². The molecule has 1 N–H and O–H groups in total. The molecule has 6 heteroatoms. The number of anilines is 1. The lowest BCUT2D eigenvalue weighted by molar-refractivity contribution is -0.384. The van der Waals surface area contributed by atoms with Crippen molar-refractivity contribution in [2.45, 2.75) is 30.6 Å². The first-order valence-corrected chi connectivity index (χ1v) is 7.91. The second-order valence-corrected chi connectivity index (χ2v) is 6.48. The van der Waals surface area contributed by atoms with Crippen LogP contribution in [0.4, 0.5) is 11.4 Å². The third kappa shape index (κ3) is 3.17. The van der Waals surface area contributed by atoms with E-state index in [1.807, 2.05) is 11.8 Å². The molecule has 0 amide bonds. The van der Waals surface area contributed by atoms with Gasteiger partial charge < -0.3 is 5.32 Å². The van der Waals surface area contributed by atoms with E-state index in [0.717, 1.165) is 17.3 Å². The van der Waals surface area contributed by atoms with Crippen molar-refractivity contribution < 1.29 is 4.92 Å². The van der Waals surface area contributed by atoms with E-state index in [1.165, 1.54) is 12.5 Å². The highest BCUT2D eigenvalue weighted by Gasteiger charge is 2.25. The number of rotatable bonds is 4. The van der Waals surface area contributed by atoms with Crippen LogP contribution in [0.2, 0.25) is 0 Å². The summed E-state index contributed by atoms with van der Waals surface area (Å²) in [5.74, 6) is 0. The number of nitro benzene ring substituents is 1. The quantitative estimate of drug-likeness (QED) is 0.668. The smallest absolute Gasteiger partial charge is 0.292 e. The molecule has 1 aliphatic rings. The van der Waals surface area contributed by atoms with Gasteiger partial charge in [-0.3, -0.25) is 10.1 Å². The van der Waals surface area contributed by atoms with Gasteiger partial charge in [-0.15, -0.1) is 0 Å². The van der Waals surface area contributed by atoms with Gasteiger partial charge in [0.1, 0.15) is 5.69 Å². The fourth-order valence-corrected chi connectivity index (χ4v) is 3.45. The van der Waals surface area contributed by atoms with Gasteiger partial charge in [-0.25, -0.2) is 0 Å². The fraction of sp³-hybridized carbons (Fsp3) is 0.500. The molecule has 0 radical (unpaired) electrons. The minimum atomic E-state index is -0.338. The van der Waals surface area contributed by atoms with E-state index in [2.05, 4.69) is 27.5 Å². The zero-order valence-corrected chi connectivity index (χ0v) is 12.5. The van der Waals surface area contributed by atoms with Gasteiger partial charge in [0.15, 0.2) is 0 Å². The third-order valence-corrected chi connectivity index (χ3v) is 4.82. The zero-order chi connectivity index (χ0) is 13.1. The third-order valence-electron chi connectivity index (χ3n) is 3.23. The first kappa shape index (κ1) is 13.7. The highest BCUT2D eigenvalue weighted by atomic mass is 79.9. The maximum absolute atomic E-state index is 11.0. The molecule has 2 atom stereocenters. The second-order valence-electron chi connectivity index (χ2n) is 4.43. The second kappa shape index (κ2) is 5.93. The predicted octanol–water partition coefficient (Wildman–Crippen LogP) is 4.05. The molecule has 0 aliphatic heterocycles. The number of hydrogen-bond donors (Lipinski definition) is 1. The van der Waals surface area contributed by atoms with Crippen LogP contribution in [0.5, 0.6) is 0 Å². The van der Waals surface area contributed by atoms with Crippen molar-refractivity contribution in [1.29, 1.82) is 0 Å². The standard InChI is InChI=1S/C12H15BrN2O2S/c1-18-10-4-3-9(7-10)14-11-6-8(13)2-5-12(11)15(16)17/h2,5-6,9-10,14H,3-4,7H2,1H3. The SMILES string of the molecule is CSC1CCC(Nc2cc(Br)ccc2[N+](=O)[O-])C1. The van der Waals surface area contributed by atoms with Crippen LogP contribution in [-0.4, -0.2) is 22.5 Å². The van der Waals surface area contributed by atoms with Gasteiger partial charge in [-0.2, -0.15) is 11.8 Å². The van der Waals surface area contributed by atoms with Crippen LogP contribution in [0.25, 0.3) is 0 Å². The fourth-order valence-electron chi connectivity index (χ4n) is 2.29. The Morgan fingerprint density at radius 1 is 1.50 bits per heavy atom. The number of nitrogens with zero attached hydrogens (tertiary/aromatic N) is 1. The molecular weight excluding hydrogens is 316 g/mol. The van der Waals surface area contributed by atoms with Gasteiger partial charge in [-0.05, 0) is 37.7 Å². The molecule has 0 saturated heterocycles. The van der Waals surface area contributed by atoms with E-state index in [-0.39, 0.29) is 10.6 Å². The summed E-state index contributed by atoms with van der Waals surface area (Å²) in [6.07, 6.45) is 5.45. The number of nitro groups is 1. The van der Waals surface area contributed by atoms with Crippen molar-refractivity contribution >= 4 is 39.1 Å². The van der Waals surface area contributed by atoms with E-state index >= 15 is 0 Å². The molecule has 1 saturated carbocycles. The first-order chi connectivity index (χ1) is 8.60. The van der Waals surface area contributed by atoms with Crippen LogP contribution < -0.4 is 5.32 Å². The molecular formula is C12H15BrN2O2S. The molecule has 1 aromatic rings. The maximum atomic E-state index is 11.0. The van der Waals surface area contributed by atoms with Crippen molar-refractivity contribution in [2.75, 3.05) is 11.6 Å². The number of nitrogens with one attached hydrogen (secondary N) is 1. The molecule has 2 rings (SSSR count). The lowest BCUT2D eigenvalue weighted by atomic mass is 10.2. The maximum Gasteiger partial charge on any atom is 0.292 e. The summed E-state index contributed by atoms with van der Waals surface area (Å²) >= 11 is 5.23. The molecule has 18 heavy (non-hydrogen) atoms. The molecule has 0 aromatic heterocycles. The molecule has 0 spiro atoms. The zero-order valence-electron chi connectivity index (χ0n) is 10.1. The van der Waals surface area contributed by atoms with Crippen molar-refractivity contribution in [3.8, 4) is 0 Å². The first-order valence-electron chi connectivity index (χ1n) is 5.83. The van der Waals surface area contributed by atoms with Crippen molar-refractivity contribution in [1.82, 2.24) is 0 Å². The predicted molar refractivity (Wildman–Crippen MR) is 79.4 cm³/mol. The average Bonchev–Trinajstić information content (AvgIpc) is 2.76. The Morgan fingerprint density at radius 3 is 2.89 bits per heavy atom. The van der Waals surface area contributed by atoms with Gasteiger partial charge in [0.25, 0.3) is 5.69 Å². The Balaban J connectivity index is 2.13. The summed E-state index contributed by atoms with van der Waals surface area (Å²) in [5, 5.41) is 15.0. The van der Waals surface area contributed by atoms with Crippen molar-refractivity contribution in [3.63, 3.8) is 0 Å². The van der Waals surface area contributed by atoms with E-state index < -0.39 is 0 Å². The van der Waals surface area contributed by atoms with Crippen LogP contribution in [0, 0.1) is 10.1 Å². The monoisotopic (exact) mass is 330 g/mol. The molecule has 2 unspecified atom stereocenters. The normalized spacial score (nSPS) is 23.0. The Labute approximate surface area is 119 Å². The lowest BCUT2D eigenvalue weighted by Gasteiger charge is -2.14. The minimum absolute atomic E-state index is 0.144. The van der Waals surface area contributed by atoms with Gasteiger partial charge in [0, 0.05) is 21.8 Å². The van der Waals surface area contributed by atoms with Gasteiger partial charge in [0.05, 0.1) is 4.92 Å². The van der Waals surface area contributed by atoms with E-state index in [4.69, 9.17) is 0 Å². The Hall–Kier alpha value is -0.750. The summed E-state index contributed by atoms with van der Waals surface area (Å²) in [5.41, 5.74) is 0.756. The Kier molecular flexibility index (Phi) is 4.50. The van der Waals surface area contributed by atoms with Crippen molar-refractivity contribution in [2.24, 2.45) is 0 Å². The van der Waals surface area contributed by atoms with Gasteiger partial charge >= 0.3 is 0 Å². The summed E-state index contributed by atoms with van der Waals surface area (Å²) in [7, 11) is 0. The van der Waals surface area contributed by atoms with Crippen molar-refractivity contribution in [3.05, 3.63) is 32.8 Å². The molecule has 4 nitrogen and oxygen atoms in total. The molecule has 1 aromatic carbocycles. The number of halogens is 1. The largest absolute Gasteiger partial charge is 0.377 e. The molecule has 1 aliphatic carbocycles. The Morgan fingerprint density at radius 2 is 2.28 bits per heavy atom. The van der Waals surface area contributed by atoms with Gasteiger partial charge in [0.2, 0.25) is 0 Å². The molecule has 0 heterocycles. The topological polar surface area (TPSA) is 55.2 Å². The summed E-state index contributed by atoms with van der Waals surface area (Å²) in [6.45, 7) is 0. The molecule has 0 bridgehead atoms.